The second-order valence-electron chi connectivity index (χ2n) is 6.50. The first kappa shape index (κ1) is 18.7. The summed E-state index contributed by atoms with van der Waals surface area (Å²) in [5.41, 5.74) is 1.76. The fourth-order valence-corrected chi connectivity index (χ4v) is 2.51. The Morgan fingerprint density at radius 3 is 2.44 bits per heavy atom. The Bertz CT molecular complexity index is 720. The van der Waals surface area contributed by atoms with Crippen LogP contribution in [0.5, 0.6) is 0 Å². The summed E-state index contributed by atoms with van der Waals surface area (Å²) >= 11 is 0. The van der Waals surface area contributed by atoms with Crippen LogP contribution in [-0.2, 0) is 11.2 Å². The van der Waals surface area contributed by atoms with E-state index in [0.29, 0.717) is 23.7 Å². The zero-order valence-corrected chi connectivity index (χ0v) is 15.2. The van der Waals surface area contributed by atoms with Crippen molar-refractivity contribution in [1.29, 1.82) is 0 Å². The summed E-state index contributed by atoms with van der Waals surface area (Å²) in [6.45, 7) is 8.31. The van der Waals surface area contributed by atoms with E-state index in [2.05, 4.69) is 17.4 Å². The Kier molecular flexibility index (Phi) is 6.33. The zero-order chi connectivity index (χ0) is 18.4. The number of aryl methyl sites for hydroxylation is 2. The van der Waals surface area contributed by atoms with Crippen molar-refractivity contribution in [3.8, 4) is 0 Å². The topological polar surface area (TPSA) is 75.4 Å². The number of nitrogens with zero attached hydrogens (tertiary/aromatic N) is 2. The molecule has 6 heteroatoms. The van der Waals surface area contributed by atoms with Gasteiger partial charge >= 0.3 is 0 Å². The van der Waals surface area contributed by atoms with E-state index < -0.39 is 0 Å². The second-order valence-corrected chi connectivity index (χ2v) is 6.50. The van der Waals surface area contributed by atoms with Gasteiger partial charge in [0.25, 0.3) is 5.91 Å². The summed E-state index contributed by atoms with van der Waals surface area (Å²) in [5.74, 6) is 0.768. The Labute approximate surface area is 148 Å². The Hall–Kier alpha value is -2.63. The molecular weight excluding hydrogens is 318 g/mol. The molecule has 2 amide bonds. The molecule has 2 rings (SSSR count). The molecule has 1 aromatic carbocycles. The van der Waals surface area contributed by atoms with Crippen LogP contribution in [0, 0.1) is 12.8 Å². The van der Waals surface area contributed by atoms with Gasteiger partial charge in [-0.25, -0.2) is 0 Å². The first-order chi connectivity index (χ1) is 11.9. The molecule has 134 valence electrons. The van der Waals surface area contributed by atoms with Gasteiger partial charge in [-0.1, -0.05) is 38.1 Å². The number of carbonyl (C=O) groups excluding carboxylic acids is 2. The first-order valence-corrected chi connectivity index (χ1v) is 8.50. The van der Waals surface area contributed by atoms with Crippen LogP contribution < -0.4 is 5.32 Å². The lowest BCUT2D eigenvalue weighted by atomic mass is 10.1. The second kappa shape index (κ2) is 8.46. The van der Waals surface area contributed by atoms with Gasteiger partial charge in [0, 0.05) is 18.2 Å². The molecule has 0 radical (unpaired) electrons. The van der Waals surface area contributed by atoms with Crippen molar-refractivity contribution in [2.75, 3.05) is 18.4 Å². The average Bonchev–Trinajstić information content (AvgIpc) is 2.98. The van der Waals surface area contributed by atoms with E-state index in [9.17, 15) is 9.59 Å². The van der Waals surface area contributed by atoms with E-state index in [1.165, 1.54) is 5.56 Å². The van der Waals surface area contributed by atoms with Crippen molar-refractivity contribution >= 4 is 17.6 Å². The maximum atomic E-state index is 12.8. The van der Waals surface area contributed by atoms with Gasteiger partial charge in [0.05, 0.1) is 0 Å². The average molecular weight is 343 g/mol. The van der Waals surface area contributed by atoms with E-state index in [1.54, 1.807) is 17.9 Å². The van der Waals surface area contributed by atoms with Crippen molar-refractivity contribution < 1.29 is 14.1 Å². The molecule has 0 bridgehead atoms. The van der Waals surface area contributed by atoms with Crippen LogP contribution in [-0.4, -0.2) is 35.0 Å². The minimum absolute atomic E-state index is 0.0293. The van der Waals surface area contributed by atoms with Crippen LogP contribution in [0.1, 0.15) is 42.5 Å². The number of rotatable bonds is 7. The number of hydrogen-bond donors (Lipinski definition) is 1. The molecule has 6 nitrogen and oxygen atoms in total. The molecule has 1 heterocycles. The van der Waals surface area contributed by atoms with Crippen molar-refractivity contribution in [3.63, 3.8) is 0 Å². The maximum absolute atomic E-state index is 12.8. The molecular formula is C19H25N3O3. The Morgan fingerprint density at radius 2 is 1.92 bits per heavy atom. The number of carbonyl (C=O) groups is 2. The lowest BCUT2D eigenvalue weighted by Crippen LogP contribution is -2.40. The summed E-state index contributed by atoms with van der Waals surface area (Å²) in [6, 6.07) is 9.15. The molecule has 0 unspecified atom stereocenters. The van der Waals surface area contributed by atoms with Crippen molar-refractivity contribution in [2.24, 2.45) is 5.92 Å². The molecule has 0 saturated carbocycles. The van der Waals surface area contributed by atoms with Crippen LogP contribution >= 0.6 is 0 Å². The number of aromatic nitrogens is 1. The largest absolute Gasteiger partial charge is 0.360 e. The van der Waals surface area contributed by atoms with Gasteiger partial charge in [-0.15, -0.1) is 0 Å². The molecule has 1 aromatic heterocycles. The summed E-state index contributed by atoms with van der Waals surface area (Å²) < 4.78 is 4.93. The van der Waals surface area contributed by atoms with Crippen LogP contribution in [0.15, 0.2) is 34.9 Å². The zero-order valence-electron chi connectivity index (χ0n) is 15.2. The normalized spacial score (nSPS) is 10.8. The van der Waals surface area contributed by atoms with Crippen molar-refractivity contribution in [2.45, 2.75) is 34.1 Å². The van der Waals surface area contributed by atoms with Crippen molar-refractivity contribution in [1.82, 2.24) is 10.1 Å². The highest BCUT2D eigenvalue weighted by molar-refractivity contribution is 5.99. The SMILES string of the molecule is CCc1ccc(C(=O)N(CC(=O)Nc2cc(C)on2)CC(C)C)cc1. The minimum atomic E-state index is -0.299. The van der Waals surface area contributed by atoms with E-state index >= 15 is 0 Å². The molecule has 0 spiro atoms. The summed E-state index contributed by atoms with van der Waals surface area (Å²) in [5, 5.41) is 6.39. The predicted molar refractivity (Wildman–Crippen MR) is 96.4 cm³/mol. The van der Waals surface area contributed by atoms with Gasteiger partial charge in [-0.05, 0) is 37.0 Å². The molecule has 0 aliphatic rings. The highest BCUT2D eigenvalue weighted by Crippen LogP contribution is 2.11. The third kappa shape index (κ3) is 5.45. The van der Waals surface area contributed by atoms with Crippen LogP contribution in [0.25, 0.3) is 0 Å². The lowest BCUT2D eigenvalue weighted by molar-refractivity contribution is -0.117. The molecule has 0 fully saturated rings. The number of benzene rings is 1. The summed E-state index contributed by atoms with van der Waals surface area (Å²) in [4.78, 5) is 26.6. The standard InChI is InChI=1S/C19H25N3O3/c1-5-15-6-8-16(9-7-15)19(24)22(11-13(2)3)12-18(23)20-17-10-14(4)25-21-17/h6-10,13H,5,11-12H2,1-4H3,(H,20,21,23). The van der Waals surface area contributed by atoms with E-state index in [-0.39, 0.29) is 24.3 Å². The van der Waals surface area contributed by atoms with E-state index in [1.807, 2.05) is 38.1 Å². The van der Waals surface area contributed by atoms with Gasteiger partial charge < -0.3 is 14.7 Å². The highest BCUT2D eigenvalue weighted by Gasteiger charge is 2.20. The quantitative estimate of drug-likeness (QED) is 0.837. The minimum Gasteiger partial charge on any atom is -0.360 e. The van der Waals surface area contributed by atoms with Crippen LogP contribution in [0.2, 0.25) is 0 Å². The molecule has 0 saturated heterocycles. The fraction of sp³-hybridized carbons (Fsp3) is 0.421. The van der Waals surface area contributed by atoms with Crippen LogP contribution in [0.3, 0.4) is 0 Å². The molecule has 0 atom stereocenters. The molecule has 1 N–H and O–H groups in total. The summed E-state index contributed by atoms with van der Waals surface area (Å²) in [6.07, 6.45) is 0.920. The summed E-state index contributed by atoms with van der Waals surface area (Å²) in [7, 11) is 0. The van der Waals surface area contributed by atoms with Gasteiger partial charge in [-0.2, -0.15) is 0 Å². The third-order valence-electron chi connectivity index (χ3n) is 3.71. The molecule has 0 aliphatic heterocycles. The number of hydrogen-bond acceptors (Lipinski definition) is 4. The third-order valence-corrected chi connectivity index (χ3v) is 3.71. The van der Waals surface area contributed by atoms with Gasteiger partial charge in [0.2, 0.25) is 5.91 Å². The number of nitrogens with one attached hydrogen (secondary N) is 1. The van der Waals surface area contributed by atoms with E-state index in [4.69, 9.17) is 4.52 Å². The molecule has 0 aliphatic carbocycles. The van der Waals surface area contributed by atoms with Gasteiger partial charge in [0.15, 0.2) is 5.82 Å². The van der Waals surface area contributed by atoms with E-state index in [0.717, 1.165) is 6.42 Å². The predicted octanol–water partition coefficient (Wildman–Crippen LogP) is 3.28. The highest BCUT2D eigenvalue weighted by atomic mass is 16.5. The van der Waals surface area contributed by atoms with Gasteiger partial charge in [0.1, 0.15) is 12.3 Å². The van der Waals surface area contributed by atoms with Crippen LogP contribution in [0.4, 0.5) is 5.82 Å². The maximum Gasteiger partial charge on any atom is 0.254 e. The Balaban J connectivity index is 2.08. The first-order valence-electron chi connectivity index (χ1n) is 8.50. The molecule has 25 heavy (non-hydrogen) atoms. The molecule has 2 aromatic rings. The monoisotopic (exact) mass is 343 g/mol. The van der Waals surface area contributed by atoms with Crippen molar-refractivity contribution in [3.05, 3.63) is 47.2 Å². The number of amides is 2. The number of anilines is 1. The lowest BCUT2D eigenvalue weighted by Gasteiger charge is -2.24. The fourth-order valence-electron chi connectivity index (χ4n) is 2.51. The van der Waals surface area contributed by atoms with Gasteiger partial charge in [-0.3, -0.25) is 9.59 Å². The smallest absolute Gasteiger partial charge is 0.254 e. The Morgan fingerprint density at radius 1 is 1.24 bits per heavy atom.